The molecular formula is C13H16O3. The number of aldehydes is 1. The van der Waals surface area contributed by atoms with E-state index in [0.29, 0.717) is 31.1 Å². The third-order valence-electron chi connectivity index (χ3n) is 2.46. The van der Waals surface area contributed by atoms with Crippen LogP contribution in [0, 0.1) is 0 Å². The summed E-state index contributed by atoms with van der Waals surface area (Å²) in [5, 5.41) is 19.2. The van der Waals surface area contributed by atoms with Crippen molar-refractivity contribution in [3.05, 3.63) is 42.0 Å². The number of aliphatic hydroxyl groups excluding tert-OH is 1. The van der Waals surface area contributed by atoms with Crippen LogP contribution in [0.2, 0.25) is 0 Å². The van der Waals surface area contributed by atoms with Gasteiger partial charge in [0.25, 0.3) is 0 Å². The van der Waals surface area contributed by atoms with Gasteiger partial charge in [-0.1, -0.05) is 18.2 Å². The number of aromatic hydroxyl groups is 1. The van der Waals surface area contributed by atoms with E-state index in [4.69, 9.17) is 0 Å². The highest BCUT2D eigenvalue weighted by Gasteiger charge is 2.08. The largest absolute Gasteiger partial charge is 0.507 e. The number of aliphatic hydroxyl groups is 1. The zero-order valence-electron chi connectivity index (χ0n) is 9.10. The van der Waals surface area contributed by atoms with Crippen LogP contribution in [0.1, 0.15) is 28.8 Å². The third-order valence-corrected chi connectivity index (χ3v) is 2.46. The van der Waals surface area contributed by atoms with Crippen LogP contribution in [-0.2, 0) is 6.42 Å². The molecule has 0 heterocycles. The second kappa shape index (κ2) is 6.08. The van der Waals surface area contributed by atoms with Gasteiger partial charge in [-0.25, -0.2) is 0 Å². The van der Waals surface area contributed by atoms with Crippen molar-refractivity contribution in [1.29, 1.82) is 0 Å². The maximum absolute atomic E-state index is 10.6. The standard InChI is InChI=1S/C13H16O3/c1-2-4-12(15)8-7-10-5-3-6-11(9-14)13(10)16/h2-3,5-6,9,12,15-16H,1,4,7-8H2. The van der Waals surface area contributed by atoms with Crippen molar-refractivity contribution >= 4 is 6.29 Å². The Morgan fingerprint density at radius 1 is 1.44 bits per heavy atom. The van der Waals surface area contributed by atoms with E-state index in [9.17, 15) is 15.0 Å². The molecule has 0 aliphatic carbocycles. The number of para-hydroxylation sites is 1. The lowest BCUT2D eigenvalue weighted by atomic mass is 10.0. The summed E-state index contributed by atoms with van der Waals surface area (Å²) in [5.74, 6) is 0.0169. The van der Waals surface area contributed by atoms with E-state index in [0.717, 1.165) is 0 Å². The fourth-order valence-electron chi connectivity index (χ4n) is 1.54. The van der Waals surface area contributed by atoms with Crippen molar-refractivity contribution in [2.45, 2.75) is 25.4 Å². The minimum absolute atomic E-state index is 0.0169. The molecule has 0 saturated carbocycles. The lowest BCUT2D eigenvalue weighted by molar-refractivity contribution is 0.112. The molecule has 0 fully saturated rings. The molecule has 1 aromatic rings. The second-order valence-electron chi connectivity index (χ2n) is 3.69. The highest BCUT2D eigenvalue weighted by atomic mass is 16.3. The molecule has 0 amide bonds. The topological polar surface area (TPSA) is 57.5 Å². The minimum atomic E-state index is -0.447. The highest BCUT2D eigenvalue weighted by Crippen LogP contribution is 2.22. The Hall–Kier alpha value is -1.61. The first kappa shape index (κ1) is 12.5. The van der Waals surface area contributed by atoms with Gasteiger partial charge in [-0.3, -0.25) is 4.79 Å². The molecule has 1 rings (SSSR count). The summed E-state index contributed by atoms with van der Waals surface area (Å²) in [7, 11) is 0. The van der Waals surface area contributed by atoms with Gasteiger partial charge in [-0.2, -0.15) is 0 Å². The Morgan fingerprint density at radius 2 is 2.19 bits per heavy atom. The van der Waals surface area contributed by atoms with Gasteiger partial charge in [0, 0.05) is 0 Å². The predicted molar refractivity (Wildman–Crippen MR) is 62.6 cm³/mol. The maximum Gasteiger partial charge on any atom is 0.153 e. The number of hydrogen-bond donors (Lipinski definition) is 2. The van der Waals surface area contributed by atoms with Crippen molar-refractivity contribution in [3.63, 3.8) is 0 Å². The molecule has 86 valence electrons. The monoisotopic (exact) mass is 220 g/mol. The van der Waals surface area contributed by atoms with Gasteiger partial charge < -0.3 is 10.2 Å². The molecular weight excluding hydrogens is 204 g/mol. The minimum Gasteiger partial charge on any atom is -0.507 e. The summed E-state index contributed by atoms with van der Waals surface area (Å²) in [6.45, 7) is 3.54. The number of phenolic OH excluding ortho intramolecular Hbond substituents is 1. The maximum atomic E-state index is 10.6. The molecule has 0 saturated heterocycles. The van der Waals surface area contributed by atoms with E-state index in [1.807, 2.05) is 0 Å². The van der Waals surface area contributed by atoms with Gasteiger partial charge in [-0.05, 0) is 30.9 Å². The van der Waals surface area contributed by atoms with E-state index in [1.54, 1.807) is 24.3 Å². The van der Waals surface area contributed by atoms with E-state index < -0.39 is 6.10 Å². The number of aryl methyl sites for hydroxylation is 1. The first-order valence-electron chi connectivity index (χ1n) is 5.24. The van der Waals surface area contributed by atoms with Crippen LogP contribution < -0.4 is 0 Å². The number of rotatable bonds is 6. The van der Waals surface area contributed by atoms with Gasteiger partial charge >= 0.3 is 0 Å². The highest BCUT2D eigenvalue weighted by molar-refractivity contribution is 5.79. The van der Waals surface area contributed by atoms with Gasteiger partial charge in [0.05, 0.1) is 11.7 Å². The molecule has 0 bridgehead atoms. The van der Waals surface area contributed by atoms with Crippen molar-refractivity contribution < 1.29 is 15.0 Å². The van der Waals surface area contributed by atoms with Crippen LogP contribution in [-0.4, -0.2) is 22.6 Å². The zero-order valence-corrected chi connectivity index (χ0v) is 9.10. The van der Waals surface area contributed by atoms with Crippen molar-refractivity contribution in [1.82, 2.24) is 0 Å². The molecule has 1 aromatic carbocycles. The molecule has 16 heavy (non-hydrogen) atoms. The Bertz CT molecular complexity index is 371. The Labute approximate surface area is 95.0 Å². The summed E-state index contributed by atoms with van der Waals surface area (Å²) >= 11 is 0. The SMILES string of the molecule is C=CCC(O)CCc1cccc(C=O)c1O. The normalized spacial score (nSPS) is 12.1. The smallest absolute Gasteiger partial charge is 0.153 e. The van der Waals surface area contributed by atoms with Crippen LogP contribution in [0.25, 0.3) is 0 Å². The average Bonchev–Trinajstić information content (AvgIpc) is 2.28. The number of phenols is 1. The van der Waals surface area contributed by atoms with Crippen molar-refractivity contribution in [2.24, 2.45) is 0 Å². The molecule has 3 nitrogen and oxygen atoms in total. The van der Waals surface area contributed by atoms with E-state index in [-0.39, 0.29) is 11.3 Å². The number of hydrogen-bond acceptors (Lipinski definition) is 3. The third kappa shape index (κ3) is 3.21. The summed E-state index contributed by atoms with van der Waals surface area (Å²) in [4.78, 5) is 10.6. The quantitative estimate of drug-likeness (QED) is 0.570. The molecule has 0 spiro atoms. The lowest BCUT2D eigenvalue weighted by Crippen LogP contribution is -2.06. The molecule has 3 heteroatoms. The molecule has 0 radical (unpaired) electrons. The molecule has 0 aliphatic heterocycles. The zero-order chi connectivity index (χ0) is 12.0. The predicted octanol–water partition coefficient (Wildman–Crippen LogP) is 2.07. The second-order valence-corrected chi connectivity index (χ2v) is 3.69. The molecule has 1 unspecified atom stereocenters. The average molecular weight is 220 g/mol. The molecule has 2 N–H and O–H groups in total. The summed E-state index contributed by atoms with van der Waals surface area (Å²) in [5.41, 5.74) is 0.975. The van der Waals surface area contributed by atoms with Crippen LogP contribution in [0.15, 0.2) is 30.9 Å². The fourth-order valence-corrected chi connectivity index (χ4v) is 1.54. The first-order valence-corrected chi connectivity index (χ1v) is 5.24. The number of carbonyl (C=O) groups excluding carboxylic acids is 1. The summed E-state index contributed by atoms with van der Waals surface area (Å²) in [6.07, 6.45) is 3.46. The fraction of sp³-hybridized carbons (Fsp3) is 0.308. The number of carbonyl (C=O) groups is 1. The Morgan fingerprint density at radius 3 is 2.81 bits per heavy atom. The van der Waals surface area contributed by atoms with Gasteiger partial charge in [0.15, 0.2) is 6.29 Å². The van der Waals surface area contributed by atoms with Crippen LogP contribution in [0.4, 0.5) is 0 Å². The molecule has 0 aliphatic rings. The van der Waals surface area contributed by atoms with Crippen molar-refractivity contribution in [2.75, 3.05) is 0 Å². The molecule has 1 atom stereocenters. The van der Waals surface area contributed by atoms with Gasteiger partial charge in [0.1, 0.15) is 5.75 Å². The van der Waals surface area contributed by atoms with Gasteiger partial charge in [-0.15, -0.1) is 6.58 Å². The van der Waals surface area contributed by atoms with E-state index >= 15 is 0 Å². The summed E-state index contributed by atoms with van der Waals surface area (Å²) in [6, 6.07) is 5.04. The Kier molecular flexibility index (Phi) is 4.73. The van der Waals surface area contributed by atoms with E-state index in [2.05, 4.69) is 6.58 Å². The van der Waals surface area contributed by atoms with Crippen LogP contribution in [0.5, 0.6) is 5.75 Å². The Balaban J connectivity index is 2.67. The first-order chi connectivity index (χ1) is 7.69. The lowest BCUT2D eigenvalue weighted by Gasteiger charge is -2.09. The van der Waals surface area contributed by atoms with Gasteiger partial charge in [0.2, 0.25) is 0 Å². The van der Waals surface area contributed by atoms with Crippen LogP contribution in [0.3, 0.4) is 0 Å². The summed E-state index contributed by atoms with van der Waals surface area (Å²) < 4.78 is 0. The van der Waals surface area contributed by atoms with Crippen LogP contribution >= 0.6 is 0 Å². The van der Waals surface area contributed by atoms with Crippen molar-refractivity contribution in [3.8, 4) is 5.75 Å². The number of benzene rings is 1. The van der Waals surface area contributed by atoms with E-state index in [1.165, 1.54) is 0 Å². The molecule has 0 aromatic heterocycles.